The molecular weight excluding hydrogens is 365 g/mol. The smallest absolute Gasteiger partial charge is 0.253 e. The van der Waals surface area contributed by atoms with Crippen molar-refractivity contribution in [2.24, 2.45) is 0 Å². The molecule has 1 amide bonds. The third-order valence-electron chi connectivity index (χ3n) is 5.41. The van der Waals surface area contributed by atoms with Crippen molar-refractivity contribution in [1.82, 2.24) is 14.9 Å². The molecule has 3 aromatic rings. The van der Waals surface area contributed by atoms with Crippen LogP contribution in [0.15, 0.2) is 60.9 Å². The molecule has 1 aromatic carbocycles. The molecular formula is C24H24FN3O. The number of benzene rings is 1. The fourth-order valence-corrected chi connectivity index (χ4v) is 4.00. The maximum Gasteiger partial charge on any atom is 0.253 e. The quantitative estimate of drug-likeness (QED) is 0.658. The van der Waals surface area contributed by atoms with Crippen molar-refractivity contribution >= 4 is 5.91 Å². The van der Waals surface area contributed by atoms with E-state index < -0.39 is 0 Å². The predicted octanol–water partition coefficient (Wildman–Crippen LogP) is 4.53. The summed E-state index contributed by atoms with van der Waals surface area (Å²) in [5.41, 5.74) is 4.92. The molecule has 4 rings (SSSR count). The molecule has 0 saturated carbocycles. The van der Waals surface area contributed by atoms with Gasteiger partial charge in [0.25, 0.3) is 5.91 Å². The second-order valence-corrected chi connectivity index (χ2v) is 7.67. The van der Waals surface area contributed by atoms with E-state index in [1.54, 1.807) is 24.5 Å². The number of hydrogen-bond donors (Lipinski definition) is 0. The zero-order valence-electron chi connectivity index (χ0n) is 16.5. The van der Waals surface area contributed by atoms with Gasteiger partial charge in [0, 0.05) is 48.4 Å². The maximum absolute atomic E-state index is 13.2. The van der Waals surface area contributed by atoms with E-state index in [-0.39, 0.29) is 17.6 Å². The summed E-state index contributed by atoms with van der Waals surface area (Å²) in [5.74, 6) is 0.0548. The molecule has 4 nitrogen and oxygen atoms in total. The minimum atomic E-state index is -0.221. The summed E-state index contributed by atoms with van der Waals surface area (Å²) >= 11 is 0. The normalized spacial score (nSPS) is 16.6. The van der Waals surface area contributed by atoms with Gasteiger partial charge < -0.3 is 4.90 Å². The Kier molecular flexibility index (Phi) is 5.65. The first kappa shape index (κ1) is 19.2. The fraction of sp³-hybridized carbons (Fsp3) is 0.292. The summed E-state index contributed by atoms with van der Waals surface area (Å²) in [5, 5.41) is 0. The molecule has 1 aliphatic heterocycles. The van der Waals surface area contributed by atoms with Gasteiger partial charge in [0.2, 0.25) is 0 Å². The Hall–Kier alpha value is -3.08. The van der Waals surface area contributed by atoms with Crippen molar-refractivity contribution in [1.29, 1.82) is 0 Å². The molecule has 0 aliphatic carbocycles. The van der Waals surface area contributed by atoms with Crippen LogP contribution in [-0.4, -0.2) is 33.9 Å². The first-order chi connectivity index (χ1) is 14.1. The van der Waals surface area contributed by atoms with Gasteiger partial charge in [0.15, 0.2) is 0 Å². The van der Waals surface area contributed by atoms with Crippen LogP contribution in [0.5, 0.6) is 0 Å². The molecule has 0 radical (unpaired) electrons. The lowest BCUT2D eigenvalue weighted by molar-refractivity contribution is 0.0705. The number of nitrogens with zero attached hydrogens (tertiary/aromatic N) is 3. The van der Waals surface area contributed by atoms with Gasteiger partial charge in [-0.15, -0.1) is 0 Å². The highest BCUT2D eigenvalue weighted by atomic mass is 19.1. The fourth-order valence-electron chi connectivity index (χ4n) is 4.00. The lowest BCUT2D eigenvalue weighted by Gasteiger charge is -2.33. The van der Waals surface area contributed by atoms with E-state index in [0.717, 1.165) is 48.3 Å². The molecule has 0 spiro atoms. The number of rotatable bonds is 4. The minimum Gasteiger partial charge on any atom is -0.338 e. The summed E-state index contributed by atoms with van der Waals surface area (Å²) in [6, 6.07) is 14.4. The molecule has 3 heterocycles. The Labute approximate surface area is 170 Å². The summed E-state index contributed by atoms with van der Waals surface area (Å²) in [6.07, 6.45) is 6.02. The standard InChI is InChI=1S/C24H24FN3O/c1-17-13-19(14-18-4-6-22(25)7-5-18)15-23(27-17)21-3-2-12-28(16-21)24(29)20-8-10-26-11-9-20/h4-11,13,15,21H,2-3,12,14,16H2,1H3. The lowest BCUT2D eigenvalue weighted by atomic mass is 9.92. The number of pyridine rings is 2. The van der Waals surface area contributed by atoms with Gasteiger partial charge in [-0.25, -0.2) is 4.39 Å². The number of halogens is 1. The highest BCUT2D eigenvalue weighted by Crippen LogP contribution is 2.28. The molecule has 148 valence electrons. The first-order valence-corrected chi connectivity index (χ1v) is 10.00. The van der Waals surface area contributed by atoms with Crippen LogP contribution < -0.4 is 0 Å². The molecule has 5 heteroatoms. The zero-order valence-corrected chi connectivity index (χ0v) is 16.5. The highest BCUT2D eigenvalue weighted by Gasteiger charge is 2.26. The average Bonchev–Trinajstić information content (AvgIpc) is 2.75. The number of carbonyl (C=O) groups is 1. The third kappa shape index (κ3) is 4.67. The van der Waals surface area contributed by atoms with Crippen molar-refractivity contribution in [3.63, 3.8) is 0 Å². The van der Waals surface area contributed by atoms with E-state index in [0.29, 0.717) is 12.1 Å². The molecule has 1 atom stereocenters. The van der Waals surface area contributed by atoms with E-state index in [1.165, 1.54) is 12.1 Å². The van der Waals surface area contributed by atoms with Gasteiger partial charge in [-0.3, -0.25) is 14.8 Å². The van der Waals surface area contributed by atoms with Gasteiger partial charge in [0.1, 0.15) is 5.82 Å². The number of piperidine rings is 1. The molecule has 29 heavy (non-hydrogen) atoms. The third-order valence-corrected chi connectivity index (χ3v) is 5.41. The Morgan fingerprint density at radius 2 is 1.86 bits per heavy atom. The SMILES string of the molecule is Cc1cc(Cc2ccc(F)cc2)cc(C2CCCN(C(=O)c3ccncc3)C2)n1. The number of carbonyl (C=O) groups excluding carboxylic acids is 1. The van der Waals surface area contributed by atoms with Crippen LogP contribution in [0.3, 0.4) is 0 Å². The number of likely N-dealkylation sites (tertiary alicyclic amines) is 1. The van der Waals surface area contributed by atoms with Crippen molar-refractivity contribution in [3.05, 3.63) is 94.8 Å². The molecule has 0 bridgehead atoms. The minimum absolute atomic E-state index is 0.0521. The topological polar surface area (TPSA) is 46.1 Å². The molecule has 1 aliphatic rings. The Morgan fingerprint density at radius 1 is 1.10 bits per heavy atom. The van der Waals surface area contributed by atoms with E-state index in [4.69, 9.17) is 4.98 Å². The van der Waals surface area contributed by atoms with E-state index in [2.05, 4.69) is 17.1 Å². The molecule has 1 fully saturated rings. The molecule has 1 saturated heterocycles. The average molecular weight is 389 g/mol. The summed E-state index contributed by atoms with van der Waals surface area (Å²) < 4.78 is 13.2. The van der Waals surface area contributed by atoms with Crippen LogP contribution in [0.4, 0.5) is 4.39 Å². The van der Waals surface area contributed by atoms with Crippen LogP contribution in [0, 0.1) is 12.7 Å². The van der Waals surface area contributed by atoms with Gasteiger partial charge in [-0.2, -0.15) is 0 Å². The zero-order chi connectivity index (χ0) is 20.2. The number of aromatic nitrogens is 2. The second kappa shape index (κ2) is 8.52. The number of amides is 1. The van der Waals surface area contributed by atoms with Crippen LogP contribution in [-0.2, 0) is 6.42 Å². The maximum atomic E-state index is 13.2. The molecule has 0 N–H and O–H groups in total. The second-order valence-electron chi connectivity index (χ2n) is 7.67. The number of hydrogen-bond acceptors (Lipinski definition) is 3. The van der Waals surface area contributed by atoms with Crippen LogP contribution in [0.2, 0.25) is 0 Å². The monoisotopic (exact) mass is 389 g/mol. The van der Waals surface area contributed by atoms with E-state index >= 15 is 0 Å². The van der Waals surface area contributed by atoms with E-state index in [1.807, 2.05) is 24.0 Å². The molecule has 1 unspecified atom stereocenters. The van der Waals surface area contributed by atoms with Gasteiger partial charge >= 0.3 is 0 Å². The van der Waals surface area contributed by atoms with E-state index in [9.17, 15) is 9.18 Å². The Morgan fingerprint density at radius 3 is 2.62 bits per heavy atom. The van der Waals surface area contributed by atoms with Gasteiger partial charge in [-0.1, -0.05) is 12.1 Å². The van der Waals surface area contributed by atoms with Crippen molar-refractivity contribution in [3.8, 4) is 0 Å². The van der Waals surface area contributed by atoms with Gasteiger partial charge in [-0.05, 0) is 73.7 Å². The van der Waals surface area contributed by atoms with Crippen LogP contribution in [0.25, 0.3) is 0 Å². The number of aryl methyl sites for hydroxylation is 1. The highest BCUT2D eigenvalue weighted by molar-refractivity contribution is 5.94. The Bertz CT molecular complexity index is 989. The summed E-state index contributed by atoms with van der Waals surface area (Å²) in [6.45, 7) is 3.44. The Balaban J connectivity index is 1.52. The van der Waals surface area contributed by atoms with Crippen molar-refractivity contribution in [2.75, 3.05) is 13.1 Å². The van der Waals surface area contributed by atoms with Crippen LogP contribution >= 0.6 is 0 Å². The first-order valence-electron chi connectivity index (χ1n) is 10.00. The molecule has 2 aromatic heterocycles. The summed E-state index contributed by atoms with van der Waals surface area (Å²) in [7, 11) is 0. The van der Waals surface area contributed by atoms with Crippen molar-refractivity contribution < 1.29 is 9.18 Å². The van der Waals surface area contributed by atoms with Crippen LogP contribution in [0.1, 0.15) is 51.6 Å². The van der Waals surface area contributed by atoms with Crippen molar-refractivity contribution in [2.45, 2.75) is 32.1 Å². The predicted molar refractivity (Wildman–Crippen MR) is 110 cm³/mol. The van der Waals surface area contributed by atoms with Gasteiger partial charge in [0.05, 0.1) is 0 Å². The largest absolute Gasteiger partial charge is 0.338 e. The summed E-state index contributed by atoms with van der Waals surface area (Å²) in [4.78, 5) is 23.5. The lowest BCUT2D eigenvalue weighted by Crippen LogP contribution is -2.39.